The Morgan fingerprint density at radius 2 is 2.24 bits per heavy atom. The summed E-state index contributed by atoms with van der Waals surface area (Å²) >= 11 is 0. The van der Waals surface area contributed by atoms with Crippen LogP contribution in [0, 0.1) is 5.82 Å². The number of anilines is 1. The highest BCUT2D eigenvalue weighted by Crippen LogP contribution is 2.25. The van der Waals surface area contributed by atoms with Crippen LogP contribution in [0.2, 0.25) is 0 Å². The highest BCUT2D eigenvalue weighted by Gasteiger charge is 2.12. The van der Waals surface area contributed by atoms with E-state index in [1.54, 1.807) is 6.07 Å². The monoisotopic (exact) mass is 235 g/mol. The average molecular weight is 235 g/mol. The maximum atomic E-state index is 13.0. The van der Waals surface area contributed by atoms with Gasteiger partial charge in [-0.3, -0.25) is 4.79 Å². The SMILES string of the molecule is COc1ccc(F)cc1NC(=O)c1ccco1. The van der Waals surface area contributed by atoms with Gasteiger partial charge in [-0.05, 0) is 24.3 Å². The summed E-state index contributed by atoms with van der Waals surface area (Å²) in [5.74, 6) is -0.387. The summed E-state index contributed by atoms with van der Waals surface area (Å²) in [6.07, 6.45) is 1.39. The van der Waals surface area contributed by atoms with Crippen LogP contribution >= 0.6 is 0 Å². The second kappa shape index (κ2) is 4.69. The molecule has 17 heavy (non-hydrogen) atoms. The lowest BCUT2D eigenvalue weighted by molar-refractivity contribution is 0.0996. The van der Waals surface area contributed by atoms with Crippen LogP contribution in [0.5, 0.6) is 5.75 Å². The number of methoxy groups -OCH3 is 1. The van der Waals surface area contributed by atoms with Gasteiger partial charge in [0.25, 0.3) is 5.91 Å². The number of halogens is 1. The molecular weight excluding hydrogens is 225 g/mol. The Balaban J connectivity index is 2.23. The van der Waals surface area contributed by atoms with Crippen molar-refractivity contribution in [1.82, 2.24) is 0 Å². The minimum Gasteiger partial charge on any atom is -0.495 e. The molecule has 0 bridgehead atoms. The van der Waals surface area contributed by atoms with Crippen molar-refractivity contribution in [2.24, 2.45) is 0 Å². The molecule has 0 aliphatic carbocycles. The lowest BCUT2D eigenvalue weighted by atomic mass is 10.2. The first-order valence-corrected chi connectivity index (χ1v) is 4.89. The van der Waals surface area contributed by atoms with E-state index in [4.69, 9.17) is 9.15 Å². The maximum absolute atomic E-state index is 13.0. The summed E-state index contributed by atoms with van der Waals surface area (Å²) < 4.78 is 23.0. The lowest BCUT2D eigenvalue weighted by Crippen LogP contribution is -2.11. The van der Waals surface area contributed by atoms with Crippen molar-refractivity contribution in [2.45, 2.75) is 0 Å². The fourth-order valence-electron chi connectivity index (χ4n) is 1.37. The van der Waals surface area contributed by atoms with Crippen LogP contribution in [0.1, 0.15) is 10.6 Å². The molecule has 1 amide bonds. The molecule has 88 valence electrons. The first-order chi connectivity index (χ1) is 8.20. The molecule has 1 aromatic heterocycles. The third-order valence-corrected chi connectivity index (χ3v) is 2.15. The van der Waals surface area contributed by atoms with E-state index in [2.05, 4.69) is 5.32 Å². The smallest absolute Gasteiger partial charge is 0.291 e. The first kappa shape index (κ1) is 11.2. The second-order valence-corrected chi connectivity index (χ2v) is 3.28. The molecule has 0 aliphatic rings. The van der Waals surface area contributed by atoms with Gasteiger partial charge >= 0.3 is 0 Å². The van der Waals surface area contributed by atoms with E-state index in [0.717, 1.165) is 0 Å². The zero-order valence-electron chi connectivity index (χ0n) is 9.07. The zero-order chi connectivity index (χ0) is 12.3. The quantitative estimate of drug-likeness (QED) is 0.889. The molecule has 4 nitrogen and oxygen atoms in total. The number of hydrogen-bond donors (Lipinski definition) is 1. The molecule has 0 saturated carbocycles. The summed E-state index contributed by atoms with van der Waals surface area (Å²) in [6, 6.07) is 6.98. The second-order valence-electron chi connectivity index (χ2n) is 3.28. The van der Waals surface area contributed by atoms with Gasteiger partial charge in [-0.25, -0.2) is 4.39 Å². The van der Waals surface area contributed by atoms with Gasteiger partial charge in [0.05, 0.1) is 19.1 Å². The standard InChI is InChI=1S/C12H10FNO3/c1-16-10-5-4-8(13)7-9(10)14-12(15)11-3-2-6-17-11/h2-7H,1H3,(H,14,15). The van der Waals surface area contributed by atoms with Gasteiger partial charge in [0.1, 0.15) is 11.6 Å². The third kappa shape index (κ3) is 2.44. The number of ether oxygens (including phenoxy) is 1. The lowest BCUT2D eigenvalue weighted by Gasteiger charge is -2.08. The van der Waals surface area contributed by atoms with Crippen molar-refractivity contribution >= 4 is 11.6 Å². The van der Waals surface area contributed by atoms with Gasteiger partial charge < -0.3 is 14.5 Å². The predicted octanol–water partition coefficient (Wildman–Crippen LogP) is 2.68. The van der Waals surface area contributed by atoms with Crippen LogP contribution in [0.4, 0.5) is 10.1 Å². The topological polar surface area (TPSA) is 51.5 Å². The van der Waals surface area contributed by atoms with Crippen molar-refractivity contribution in [3.63, 3.8) is 0 Å². The summed E-state index contributed by atoms with van der Waals surface area (Å²) in [6.45, 7) is 0. The first-order valence-electron chi connectivity index (χ1n) is 4.89. The summed E-state index contributed by atoms with van der Waals surface area (Å²) in [5, 5.41) is 2.51. The highest BCUT2D eigenvalue weighted by molar-refractivity contribution is 6.03. The number of benzene rings is 1. The van der Waals surface area contributed by atoms with E-state index in [0.29, 0.717) is 5.75 Å². The minimum atomic E-state index is -0.459. The maximum Gasteiger partial charge on any atom is 0.291 e. The van der Waals surface area contributed by atoms with Gasteiger partial charge in [-0.1, -0.05) is 0 Å². The molecule has 0 radical (unpaired) electrons. The molecule has 5 heteroatoms. The molecule has 0 unspecified atom stereocenters. The van der Waals surface area contributed by atoms with Crippen LogP contribution in [-0.4, -0.2) is 13.0 Å². The predicted molar refractivity (Wildman–Crippen MR) is 59.6 cm³/mol. The zero-order valence-corrected chi connectivity index (χ0v) is 9.07. The van der Waals surface area contributed by atoms with E-state index in [1.165, 1.54) is 37.6 Å². The molecule has 1 aromatic carbocycles. The van der Waals surface area contributed by atoms with Gasteiger partial charge in [-0.15, -0.1) is 0 Å². The number of carbonyl (C=O) groups is 1. The molecule has 1 heterocycles. The van der Waals surface area contributed by atoms with Gasteiger partial charge in [0.15, 0.2) is 5.76 Å². The van der Waals surface area contributed by atoms with Crippen LogP contribution in [0.15, 0.2) is 41.0 Å². The van der Waals surface area contributed by atoms with Crippen LogP contribution in [-0.2, 0) is 0 Å². The van der Waals surface area contributed by atoms with Gasteiger partial charge in [-0.2, -0.15) is 0 Å². The van der Waals surface area contributed by atoms with E-state index in [1.807, 2.05) is 0 Å². The summed E-state index contributed by atoms with van der Waals surface area (Å²) in [5.41, 5.74) is 0.258. The Hall–Kier alpha value is -2.30. The molecule has 2 aromatic rings. The molecular formula is C12H10FNO3. The average Bonchev–Trinajstić information content (AvgIpc) is 2.83. The van der Waals surface area contributed by atoms with E-state index >= 15 is 0 Å². The Bertz CT molecular complexity index is 523. The largest absolute Gasteiger partial charge is 0.495 e. The van der Waals surface area contributed by atoms with Crippen LogP contribution in [0.3, 0.4) is 0 Å². The number of nitrogens with one attached hydrogen (secondary N) is 1. The Kier molecular flexibility index (Phi) is 3.09. The third-order valence-electron chi connectivity index (χ3n) is 2.15. The Morgan fingerprint density at radius 3 is 2.88 bits per heavy atom. The Morgan fingerprint density at radius 1 is 1.41 bits per heavy atom. The molecule has 2 rings (SSSR count). The van der Waals surface area contributed by atoms with Crippen molar-refractivity contribution in [1.29, 1.82) is 0 Å². The fourth-order valence-corrected chi connectivity index (χ4v) is 1.37. The highest BCUT2D eigenvalue weighted by atomic mass is 19.1. The number of amides is 1. The summed E-state index contributed by atoms with van der Waals surface area (Å²) in [7, 11) is 1.44. The fraction of sp³-hybridized carbons (Fsp3) is 0.0833. The molecule has 0 atom stereocenters. The molecule has 0 spiro atoms. The molecule has 0 fully saturated rings. The van der Waals surface area contributed by atoms with Gasteiger partial charge in [0, 0.05) is 6.07 Å². The van der Waals surface area contributed by atoms with Crippen molar-refractivity contribution in [2.75, 3.05) is 12.4 Å². The van der Waals surface area contributed by atoms with Crippen molar-refractivity contribution in [3.05, 3.63) is 48.2 Å². The normalized spacial score (nSPS) is 10.0. The number of furan rings is 1. The Labute approximate surface area is 97.0 Å². The molecule has 0 saturated heterocycles. The molecule has 0 aliphatic heterocycles. The summed E-state index contributed by atoms with van der Waals surface area (Å²) in [4.78, 5) is 11.7. The van der Waals surface area contributed by atoms with Crippen molar-refractivity contribution in [3.8, 4) is 5.75 Å². The van der Waals surface area contributed by atoms with E-state index in [9.17, 15) is 9.18 Å². The van der Waals surface area contributed by atoms with Crippen molar-refractivity contribution < 1.29 is 18.3 Å². The van der Waals surface area contributed by atoms with E-state index in [-0.39, 0.29) is 11.4 Å². The van der Waals surface area contributed by atoms with Crippen LogP contribution < -0.4 is 10.1 Å². The number of carbonyl (C=O) groups excluding carboxylic acids is 1. The van der Waals surface area contributed by atoms with Gasteiger partial charge in [0.2, 0.25) is 0 Å². The number of hydrogen-bond acceptors (Lipinski definition) is 3. The number of rotatable bonds is 3. The molecule has 1 N–H and O–H groups in total. The van der Waals surface area contributed by atoms with Crippen LogP contribution in [0.25, 0.3) is 0 Å². The van der Waals surface area contributed by atoms with E-state index < -0.39 is 11.7 Å². The minimum absolute atomic E-state index is 0.149.